The normalized spacial score (nSPS) is 11.6. The van der Waals surface area contributed by atoms with Gasteiger partial charge in [0, 0.05) is 38.7 Å². The fraction of sp³-hybridized carbons (Fsp3) is 0.179. The number of rotatable bonds is 6. The summed E-state index contributed by atoms with van der Waals surface area (Å²) >= 11 is 1.64. The summed E-state index contributed by atoms with van der Waals surface area (Å²) in [5.74, 6) is 0.523. The summed E-state index contributed by atoms with van der Waals surface area (Å²) in [4.78, 5) is 13.9. The molecule has 0 fully saturated rings. The highest BCUT2D eigenvalue weighted by atomic mass is 32.2. The van der Waals surface area contributed by atoms with Crippen LogP contribution in [-0.2, 0) is 4.79 Å². The summed E-state index contributed by atoms with van der Waals surface area (Å²) in [5, 5.41) is 3.95. The van der Waals surface area contributed by atoms with Crippen LogP contribution in [0.1, 0.15) is 23.6 Å². The quantitative estimate of drug-likeness (QED) is 0.241. The second-order valence-electron chi connectivity index (χ2n) is 8.02. The van der Waals surface area contributed by atoms with Crippen LogP contribution in [0.25, 0.3) is 27.7 Å². The third kappa shape index (κ3) is 4.69. The van der Waals surface area contributed by atoms with Gasteiger partial charge in [0.15, 0.2) is 0 Å². The van der Waals surface area contributed by atoms with Gasteiger partial charge in [-0.1, -0.05) is 35.9 Å². The van der Waals surface area contributed by atoms with Gasteiger partial charge >= 0.3 is 0 Å². The van der Waals surface area contributed by atoms with Gasteiger partial charge in [-0.25, -0.2) is 0 Å². The van der Waals surface area contributed by atoms with Gasteiger partial charge in [-0.2, -0.15) is 0 Å². The summed E-state index contributed by atoms with van der Waals surface area (Å²) in [6.45, 7) is 5.97. The number of furan rings is 1. The molecule has 0 atom stereocenters. The van der Waals surface area contributed by atoms with E-state index in [4.69, 9.17) is 9.15 Å². The summed E-state index contributed by atoms with van der Waals surface area (Å²) in [5.41, 5.74) is 7.45. The van der Waals surface area contributed by atoms with E-state index in [-0.39, 0.29) is 5.91 Å². The number of aryl methyl sites for hydroxylation is 2. The fourth-order valence-electron chi connectivity index (χ4n) is 3.98. The molecule has 4 aromatic rings. The number of fused-ring (bicyclic) bond motifs is 1. The lowest BCUT2D eigenvalue weighted by Crippen LogP contribution is -2.08. The number of hydrogen-bond donors (Lipinski definition) is 1. The Kier molecular flexibility index (Phi) is 6.61. The number of amides is 1. The average molecular weight is 458 g/mol. The summed E-state index contributed by atoms with van der Waals surface area (Å²) in [6.07, 6.45) is 5.41. The number of methoxy groups -OCH3 is 1. The Morgan fingerprint density at radius 1 is 1.09 bits per heavy atom. The molecule has 0 bridgehead atoms. The van der Waals surface area contributed by atoms with Crippen molar-refractivity contribution in [2.45, 2.75) is 25.7 Å². The minimum absolute atomic E-state index is 0.184. The highest BCUT2D eigenvalue weighted by Crippen LogP contribution is 2.40. The molecule has 1 aromatic heterocycles. The van der Waals surface area contributed by atoms with E-state index in [0.717, 1.165) is 49.4 Å². The minimum Gasteiger partial charge on any atom is -0.496 e. The van der Waals surface area contributed by atoms with E-state index in [1.165, 1.54) is 5.56 Å². The van der Waals surface area contributed by atoms with Gasteiger partial charge in [0.25, 0.3) is 0 Å². The van der Waals surface area contributed by atoms with Crippen LogP contribution in [0.5, 0.6) is 5.75 Å². The summed E-state index contributed by atoms with van der Waals surface area (Å²) < 4.78 is 11.7. The molecule has 0 aliphatic rings. The molecule has 0 unspecified atom stereocenters. The van der Waals surface area contributed by atoms with Gasteiger partial charge in [0.05, 0.1) is 13.4 Å². The van der Waals surface area contributed by atoms with Crippen molar-refractivity contribution in [3.63, 3.8) is 0 Å². The van der Waals surface area contributed by atoms with E-state index in [0.29, 0.717) is 5.75 Å². The second kappa shape index (κ2) is 9.59. The number of carbonyl (C=O) groups excluding carboxylic acids is 1. The van der Waals surface area contributed by atoms with Crippen LogP contribution in [0, 0.1) is 13.8 Å². The zero-order chi connectivity index (χ0) is 23.5. The molecule has 0 radical (unpaired) electrons. The Morgan fingerprint density at radius 2 is 1.85 bits per heavy atom. The Hall–Kier alpha value is -3.44. The van der Waals surface area contributed by atoms with E-state index in [2.05, 4.69) is 36.5 Å². The predicted octanol–water partition coefficient (Wildman–Crippen LogP) is 7.49. The molecule has 1 N–H and O–H groups in total. The molecule has 5 heteroatoms. The van der Waals surface area contributed by atoms with Crippen molar-refractivity contribution in [1.29, 1.82) is 0 Å². The number of allylic oxidation sites excluding steroid dienone is 1. The van der Waals surface area contributed by atoms with Crippen LogP contribution in [0.4, 0.5) is 5.69 Å². The Morgan fingerprint density at radius 3 is 2.55 bits per heavy atom. The first kappa shape index (κ1) is 22.7. The van der Waals surface area contributed by atoms with Crippen molar-refractivity contribution in [2.24, 2.45) is 0 Å². The van der Waals surface area contributed by atoms with Gasteiger partial charge in [0.1, 0.15) is 11.3 Å². The molecule has 0 saturated heterocycles. The van der Waals surface area contributed by atoms with Crippen molar-refractivity contribution in [2.75, 3.05) is 18.7 Å². The monoisotopic (exact) mass is 457 g/mol. The molecule has 4 nitrogen and oxygen atoms in total. The van der Waals surface area contributed by atoms with Crippen LogP contribution in [-0.4, -0.2) is 19.3 Å². The maximum Gasteiger partial charge on any atom is 0.248 e. The number of nitrogens with one attached hydrogen (secondary N) is 1. The molecule has 3 aromatic carbocycles. The Balaban J connectivity index is 1.74. The molecule has 1 amide bonds. The third-order valence-corrected chi connectivity index (χ3v) is 6.45. The molecule has 0 spiro atoms. The molecular weight excluding hydrogens is 430 g/mol. The van der Waals surface area contributed by atoms with Gasteiger partial charge in [-0.05, 0) is 62.4 Å². The number of thioether (sulfide) groups is 1. The van der Waals surface area contributed by atoms with Crippen LogP contribution < -0.4 is 10.1 Å². The summed E-state index contributed by atoms with van der Waals surface area (Å²) in [7, 11) is 1.64. The van der Waals surface area contributed by atoms with E-state index < -0.39 is 0 Å². The van der Waals surface area contributed by atoms with Crippen LogP contribution in [0.2, 0.25) is 0 Å². The fourth-order valence-corrected chi connectivity index (χ4v) is 4.44. The lowest BCUT2D eigenvalue weighted by atomic mass is 9.96. The molecule has 1 heterocycles. The summed E-state index contributed by atoms with van der Waals surface area (Å²) in [6, 6.07) is 18.2. The number of hydrogen-bond acceptors (Lipinski definition) is 4. The smallest absolute Gasteiger partial charge is 0.248 e. The van der Waals surface area contributed by atoms with E-state index in [1.807, 2.05) is 50.4 Å². The Bertz CT molecular complexity index is 1350. The topological polar surface area (TPSA) is 51.5 Å². The molecular formula is C28H27NO3S. The highest BCUT2D eigenvalue weighted by Gasteiger charge is 2.18. The maximum absolute atomic E-state index is 12.8. The van der Waals surface area contributed by atoms with E-state index in [9.17, 15) is 4.79 Å². The largest absolute Gasteiger partial charge is 0.496 e. The van der Waals surface area contributed by atoms with Gasteiger partial charge in [-0.15, -0.1) is 11.8 Å². The Labute approximate surface area is 198 Å². The second-order valence-corrected chi connectivity index (χ2v) is 8.90. The van der Waals surface area contributed by atoms with Crippen LogP contribution in [0.3, 0.4) is 0 Å². The van der Waals surface area contributed by atoms with Gasteiger partial charge in [0.2, 0.25) is 5.91 Å². The first-order valence-electron chi connectivity index (χ1n) is 10.7. The molecule has 0 aliphatic heterocycles. The highest BCUT2D eigenvalue weighted by molar-refractivity contribution is 7.98. The molecule has 33 heavy (non-hydrogen) atoms. The SMILES string of the molecule is COc1c(/C(C)=C/C(=O)Nc2cccc(SC)c2)cc2c(-c3ccc(C)cc3)coc2c1C. The minimum atomic E-state index is -0.184. The van der Waals surface area contributed by atoms with Crippen molar-refractivity contribution >= 4 is 39.9 Å². The zero-order valence-electron chi connectivity index (χ0n) is 19.5. The van der Waals surface area contributed by atoms with Crippen LogP contribution in [0.15, 0.2) is 76.2 Å². The standard InChI is InChI=1S/C28H27NO3S/c1-17-9-11-20(12-10-17)25-16-32-28-19(3)27(31-4)23(15-24(25)28)18(2)13-26(30)29-21-7-6-8-22(14-21)33-5/h6-16H,1-5H3,(H,29,30)/b18-13+. The zero-order valence-corrected chi connectivity index (χ0v) is 20.3. The van der Waals surface area contributed by atoms with Crippen molar-refractivity contribution in [1.82, 2.24) is 0 Å². The molecule has 0 saturated carbocycles. The maximum atomic E-state index is 12.8. The van der Waals surface area contributed by atoms with Crippen molar-refractivity contribution in [3.05, 3.63) is 83.6 Å². The number of anilines is 1. The average Bonchev–Trinajstić information content (AvgIpc) is 3.24. The van der Waals surface area contributed by atoms with Crippen LogP contribution >= 0.6 is 11.8 Å². The van der Waals surface area contributed by atoms with Crippen molar-refractivity contribution < 1.29 is 13.9 Å². The first-order chi connectivity index (χ1) is 15.9. The molecule has 168 valence electrons. The molecule has 4 rings (SSSR count). The number of ether oxygens (including phenoxy) is 1. The van der Waals surface area contributed by atoms with E-state index >= 15 is 0 Å². The lowest BCUT2D eigenvalue weighted by Gasteiger charge is -2.13. The first-order valence-corrected chi connectivity index (χ1v) is 11.9. The number of benzene rings is 3. The van der Waals surface area contributed by atoms with Crippen molar-refractivity contribution in [3.8, 4) is 16.9 Å². The predicted molar refractivity (Wildman–Crippen MR) is 138 cm³/mol. The van der Waals surface area contributed by atoms with E-state index in [1.54, 1.807) is 31.2 Å². The van der Waals surface area contributed by atoms with Gasteiger partial charge < -0.3 is 14.5 Å². The lowest BCUT2D eigenvalue weighted by molar-refractivity contribution is -0.111. The number of carbonyl (C=O) groups is 1. The molecule has 0 aliphatic carbocycles. The third-order valence-electron chi connectivity index (χ3n) is 5.72. The van der Waals surface area contributed by atoms with Gasteiger partial charge in [-0.3, -0.25) is 4.79 Å².